The van der Waals surface area contributed by atoms with Crippen molar-refractivity contribution in [1.82, 2.24) is 4.98 Å². The van der Waals surface area contributed by atoms with Crippen molar-refractivity contribution in [2.75, 3.05) is 0 Å². The molecule has 0 amide bonds. The Balaban J connectivity index is 2.30. The van der Waals surface area contributed by atoms with Gasteiger partial charge in [-0.2, -0.15) is 0 Å². The zero-order valence-corrected chi connectivity index (χ0v) is 14.4. The fraction of sp³-hybridized carbons (Fsp3) is 0.643. The second kappa shape index (κ2) is 5.32. The van der Waals surface area contributed by atoms with Gasteiger partial charge in [0.1, 0.15) is 0 Å². The lowest BCUT2D eigenvalue weighted by atomic mass is 9.80. The van der Waals surface area contributed by atoms with Crippen molar-refractivity contribution in [1.29, 1.82) is 0 Å². The Morgan fingerprint density at radius 3 is 2.25 bits per heavy atom. The Kier molecular flexibility index (Phi) is 4.20. The first-order valence-electron chi connectivity index (χ1n) is 6.80. The molecule has 110 valence electrons. The van der Waals surface area contributed by atoms with E-state index in [0.717, 1.165) is 9.94 Å². The van der Waals surface area contributed by atoms with Gasteiger partial charge in [-0.15, -0.1) is 0 Å². The Hall–Kier alpha value is -0.585. The van der Waals surface area contributed by atoms with Crippen LogP contribution in [-0.2, 0) is 9.31 Å². The SMILES string of the molecule is CC(C)Oc1cc(B2OC(C)(C)C(C)(C)O2)c(Br)cn1. The molecular weight excluding hydrogens is 321 g/mol. The minimum Gasteiger partial charge on any atom is -0.475 e. The molecule has 1 saturated heterocycles. The molecule has 0 spiro atoms. The zero-order chi connectivity index (χ0) is 15.1. The minimum absolute atomic E-state index is 0.0785. The van der Waals surface area contributed by atoms with Crippen LogP contribution in [0.15, 0.2) is 16.7 Å². The van der Waals surface area contributed by atoms with Crippen molar-refractivity contribution >= 4 is 28.5 Å². The molecule has 1 aromatic rings. The number of pyridine rings is 1. The maximum Gasteiger partial charge on any atom is 0.496 e. The summed E-state index contributed by atoms with van der Waals surface area (Å²) in [5, 5.41) is 0. The highest BCUT2D eigenvalue weighted by Crippen LogP contribution is 2.37. The molecular formula is C14H21BBrNO3. The van der Waals surface area contributed by atoms with Crippen LogP contribution in [0.2, 0.25) is 0 Å². The summed E-state index contributed by atoms with van der Waals surface area (Å²) in [6.07, 6.45) is 1.80. The molecule has 2 rings (SSSR count). The van der Waals surface area contributed by atoms with E-state index in [-0.39, 0.29) is 17.3 Å². The largest absolute Gasteiger partial charge is 0.496 e. The van der Waals surface area contributed by atoms with Crippen LogP contribution in [0.4, 0.5) is 0 Å². The molecule has 6 heteroatoms. The molecule has 0 radical (unpaired) electrons. The molecule has 1 aliphatic heterocycles. The molecule has 0 atom stereocenters. The average molecular weight is 342 g/mol. The molecule has 0 aliphatic carbocycles. The van der Waals surface area contributed by atoms with Crippen molar-refractivity contribution < 1.29 is 14.0 Å². The molecule has 0 N–H and O–H groups in total. The lowest BCUT2D eigenvalue weighted by Crippen LogP contribution is -2.41. The van der Waals surface area contributed by atoms with Gasteiger partial charge in [0.15, 0.2) is 0 Å². The average Bonchev–Trinajstić information content (AvgIpc) is 2.50. The highest BCUT2D eigenvalue weighted by molar-refractivity contribution is 9.10. The van der Waals surface area contributed by atoms with Gasteiger partial charge in [0, 0.05) is 22.2 Å². The summed E-state index contributed by atoms with van der Waals surface area (Å²) >= 11 is 3.50. The van der Waals surface area contributed by atoms with Crippen LogP contribution < -0.4 is 10.2 Å². The van der Waals surface area contributed by atoms with E-state index in [4.69, 9.17) is 14.0 Å². The van der Waals surface area contributed by atoms with Gasteiger partial charge < -0.3 is 14.0 Å². The van der Waals surface area contributed by atoms with Crippen LogP contribution in [-0.4, -0.2) is 29.4 Å². The van der Waals surface area contributed by atoms with Gasteiger partial charge in [-0.05, 0) is 57.5 Å². The molecule has 0 aromatic carbocycles. The lowest BCUT2D eigenvalue weighted by Gasteiger charge is -2.32. The zero-order valence-electron chi connectivity index (χ0n) is 12.9. The van der Waals surface area contributed by atoms with Crippen molar-refractivity contribution in [2.24, 2.45) is 0 Å². The molecule has 20 heavy (non-hydrogen) atoms. The molecule has 1 aromatic heterocycles. The van der Waals surface area contributed by atoms with Gasteiger partial charge in [-0.1, -0.05) is 0 Å². The number of rotatable bonds is 3. The first-order valence-corrected chi connectivity index (χ1v) is 7.59. The molecule has 1 aliphatic rings. The summed E-state index contributed by atoms with van der Waals surface area (Å²) in [5.41, 5.74) is 0.174. The van der Waals surface area contributed by atoms with Crippen LogP contribution in [0.5, 0.6) is 5.88 Å². The molecule has 2 heterocycles. The van der Waals surface area contributed by atoms with Gasteiger partial charge >= 0.3 is 7.12 Å². The van der Waals surface area contributed by atoms with Gasteiger partial charge in [0.25, 0.3) is 0 Å². The minimum atomic E-state index is -0.424. The van der Waals surface area contributed by atoms with E-state index in [1.807, 2.05) is 47.6 Å². The Bertz CT molecular complexity index is 489. The van der Waals surface area contributed by atoms with Crippen molar-refractivity contribution in [3.05, 3.63) is 16.7 Å². The monoisotopic (exact) mass is 341 g/mol. The number of nitrogens with zero attached hydrogens (tertiary/aromatic N) is 1. The standard InChI is InChI=1S/C14H21BBrNO3/c1-9(2)18-12-7-10(11(16)8-17-12)15-19-13(3,4)14(5,6)20-15/h7-9H,1-6H3. The number of hydrogen-bond acceptors (Lipinski definition) is 4. The van der Waals surface area contributed by atoms with Gasteiger partial charge in [0.2, 0.25) is 5.88 Å². The normalized spacial score (nSPS) is 20.5. The number of ether oxygens (including phenoxy) is 1. The van der Waals surface area contributed by atoms with E-state index < -0.39 is 7.12 Å². The summed E-state index contributed by atoms with van der Waals surface area (Å²) in [4.78, 5) is 4.24. The van der Waals surface area contributed by atoms with Crippen molar-refractivity contribution in [2.45, 2.75) is 58.8 Å². The molecule has 0 saturated carbocycles. The van der Waals surface area contributed by atoms with Crippen molar-refractivity contribution in [3.63, 3.8) is 0 Å². The fourth-order valence-electron chi connectivity index (χ4n) is 1.89. The van der Waals surface area contributed by atoms with E-state index >= 15 is 0 Å². The smallest absolute Gasteiger partial charge is 0.475 e. The maximum absolute atomic E-state index is 6.06. The summed E-state index contributed by atoms with van der Waals surface area (Å²) in [6.45, 7) is 12.1. The molecule has 1 fully saturated rings. The molecule has 0 unspecified atom stereocenters. The molecule has 4 nitrogen and oxygen atoms in total. The third kappa shape index (κ3) is 3.02. The fourth-order valence-corrected chi connectivity index (χ4v) is 2.29. The molecule has 0 bridgehead atoms. The summed E-state index contributed by atoms with van der Waals surface area (Å²) < 4.78 is 18.6. The number of hydrogen-bond donors (Lipinski definition) is 0. The van der Waals surface area contributed by atoms with Gasteiger partial charge in [0.05, 0.1) is 17.3 Å². The predicted octanol–water partition coefficient (Wildman–Crippen LogP) is 2.93. The van der Waals surface area contributed by atoms with Crippen molar-refractivity contribution in [3.8, 4) is 5.88 Å². The van der Waals surface area contributed by atoms with Crippen LogP contribution in [0.3, 0.4) is 0 Å². The second-order valence-corrected chi connectivity index (χ2v) is 7.15. The summed E-state index contributed by atoms with van der Waals surface area (Å²) in [6, 6.07) is 1.87. The Morgan fingerprint density at radius 1 is 1.20 bits per heavy atom. The highest BCUT2D eigenvalue weighted by atomic mass is 79.9. The van der Waals surface area contributed by atoms with Crippen LogP contribution >= 0.6 is 15.9 Å². The second-order valence-electron chi connectivity index (χ2n) is 6.30. The van der Waals surface area contributed by atoms with E-state index in [1.54, 1.807) is 6.20 Å². The summed E-state index contributed by atoms with van der Waals surface area (Å²) in [7, 11) is -0.424. The van der Waals surface area contributed by atoms with Crippen LogP contribution in [0.25, 0.3) is 0 Å². The van der Waals surface area contributed by atoms with E-state index in [1.165, 1.54) is 0 Å². The predicted molar refractivity (Wildman–Crippen MR) is 83.4 cm³/mol. The van der Waals surface area contributed by atoms with E-state index in [9.17, 15) is 0 Å². The highest BCUT2D eigenvalue weighted by Gasteiger charge is 2.52. The van der Waals surface area contributed by atoms with E-state index in [0.29, 0.717) is 5.88 Å². The quantitative estimate of drug-likeness (QED) is 0.792. The van der Waals surface area contributed by atoms with Crippen LogP contribution in [0, 0.1) is 0 Å². The van der Waals surface area contributed by atoms with E-state index in [2.05, 4.69) is 20.9 Å². The van der Waals surface area contributed by atoms with Gasteiger partial charge in [-0.25, -0.2) is 4.98 Å². The number of aromatic nitrogens is 1. The Morgan fingerprint density at radius 2 is 1.75 bits per heavy atom. The summed E-state index contributed by atoms with van der Waals surface area (Å²) in [5.74, 6) is 0.577. The van der Waals surface area contributed by atoms with Crippen LogP contribution in [0.1, 0.15) is 41.5 Å². The maximum atomic E-state index is 6.06. The first kappa shape index (κ1) is 15.8. The van der Waals surface area contributed by atoms with Gasteiger partial charge in [-0.3, -0.25) is 0 Å². The Labute approximate surface area is 129 Å². The first-order chi connectivity index (χ1) is 9.12. The topological polar surface area (TPSA) is 40.6 Å². The number of halogens is 1. The lowest BCUT2D eigenvalue weighted by molar-refractivity contribution is 0.00578. The third-order valence-corrected chi connectivity index (χ3v) is 4.39. The third-order valence-electron chi connectivity index (χ3n) is 3.72.